The number of rotatable bonds is 4. The molecule has 0 N–H and O–H groups in total. The van der Waals surface area contributed by atoms with Gasteiger partial charge in [0.1, 0.15) is 0 Å². The van der Waals surface area contributed by atoms with Crippen molar-refractivity contribution in [1.82, 2.24) is 0 Å². The maximum absolute atomic E-state index is 2.91. The smallest absolute Gasteiger partial charge is 0.344 e. The second-order valence-corrected chi connectivity index (χ2v) is 17.4. The molecule has 0 saturated carbocycles. The maximum Gasteiger partial charge on any atom is 0.519 e. The van der Waals surface area contributed by atoms with Crippen molar-refractivity contribution in [2.45, 2.75) is 0 Å². The monoisotopic (exact) mass is 665 g/mol. The topological polar surface area (TPSA) is 9.72 Å². The lowest BCUT2D eigenvalue weighted by atomic mass is 9.79. The van der Waals surface area contributed by atoms with Crippen molar-refractivity contribution in [1.29, 1.82) is 0 Å². The summed E-state index contributed by atoms with van der Waals surface area (Å²) in [6, 6.07) is 72.6. The molecule has 11 rings (SSSR count). The van der Waals surface area contributed by atoms with Gasteiger partial charge in [-0.05, 0) is 56.5 Å². The zero-order valence-corrected chi connectivity index (χ0v) is 28.9. The minimum absolute atomic E-state index is 0.152. The summed E-state index contributed by atoms with van der Waals surface area (Å²) in [7, 11) is -3.07. The molecule has 3 aliphatic heterocycles. The molecule has 0 atom stereocenters. The van der Waals surface area contributed by atoms with Gasteiger partial charge in [0, 0.05) is 39.3 Å². The molecule has 238 valence electrons. The van der Waals surface area contributed by atoms with E-state index in [-0.39, 0.29) is 7.12 Å². The molecule has 8 aromatic carbocycles. The van der Waals surface area contributed by atoms with Crippen molar-refractivity contribution >= 4 is 80.8 Å². The first-order chi connectivity index (χ1) is 25.4. The highest BCUT2D eigenvalue weighted by molar-refractivity contribution is 7.20. The molecule has 5 heteroatoms. The standard InChI is InChI=1S/C46H32BN3Si/c1-4-19-34(20-5-1)51(35-21-6-2-7-22-35,36-23-8-3-9-24-36)44-32-16-31-43-46(44)50-42-30-15-18-33-17-14-29-41(45(33)42)48-39-27-12-10-25-37(39)38-26-11-13-28-40(38)49(43)47(48)50/h1-32H. The van der Waals surface area contributed by atoms with Gasteiger partial charge in [-0.25, -0.2) is 0 Å². The van der Waals surface area contributed by atoms with E-state index in [1.165, 1.54) is 76.8 Å². The molecular weight excluding hydrogens is 633 g/mol. The zero-order chi connectivity index (χ0) is 33.5. The molecule has 3 heterocycles. The van der Waals surface area contributed by atoms with Gasteiger partial charge in [-0.2, -0.15) is 0 Å². The molecule has 3 nitrogen and oxygen atoms in total. The van der Waals surface area contributed by atoms with Crippen LogP contribution in [-0.2, 0) is 0 Å². The summed E-state index contributed by atoms with van der Waals surface area (Å²) < 4.78 is 0. The van der Waals surface area contributed by atoms with Crippen molar-refractivity contribution in [2.75, 3.05) is 14.4 Å². The SMILES string of the molecule is c1ccc([Si](c2ccccc2)(c2ccccc2)c2cccc3c2N2B4N3c3ccccc3-c3ccccc3N4c3cccc4cccc2c34)cc1. The van der Waals surface area contributed by atoms with Crippen LogP contribution in [0.15, 0.2) is 194 Å². The number of nitrogens with zero attached hydrogens (tertiary/aromatic N) is 3. The summed E-state index contributed by atoms with van der Waals surface area (Å²) in [6.45, 7) is 0. The highest BCUT2D eigenvalue weighted by atomic mass is 28.3. The molecule has 0 amide bonds. The Hall–Kier alpha value is -6.30. The van der Waals surface area contributed by atoms with E-state index in [4.69, 9.17) is 0 Å². The predicted molar refractivity (Wildman–Crippen MR) is 218 cm³/mol. The van der Waals surface area contributed by atoms with Crippen molar-refractivity contribution in [3.63, 3.8) is 0 Å². The van der Waals surface area contributed by atoms with Gasteiger partial charge in [0.15, 0.2) is 8.07 Å². The third-order valence-corrected chi connectivity index (χ3v) is 16.0. The highest BCUT2D eigenvalue weighted by Gasteiger charge is 2.56. The van der Waals surface area contributed by atoms with Crippen molar-refractivity contribution in [3.8, 4) is 11.1 Å². The van der Waals surface area contributed by atoms with Gasteiger partial charge in [-0.3, -0.25) is 0 Å². The Labute approximate surface area is 299 Å². The Bertz CT molecular complexity index is 2530. The second-order valence-electron chi connectivity index (χ2n) is 13.7. The van der Waals surface area contributed by atoms with Gasteiger partial charge >= 0.3 is 7.12 Å². The number of hydrogen-bond donors (Lipinski definition) is 0. The number of para-hydroxylation sites is 3. The van der Waals surface area contributed by atoms with Crippen LogP contribution in [0.25, 0.3) is 21.9 Å². The van der Waals surface area contributed by atoms with Crippen LogP contribution in [0.2, 0.25) is 0 Å². The Morgan fingerprint density at radius 3 is 1.29 bits per heavy atom. The van der Waals surface area contributed by atoms with Crippen LogP contribution in [-0.4, -0.2) is 15.2 Å². The predicted octanol–water partition coefficient (Wildman–Crippen LogP) is 8.62. The molecule has 8 aromatic rings. The minimum atomic E-state index is -2.91. The molecule has 0 bridgehead atoms. The molecule has 0 fully saturated rings. The fourth-order valence-electron chi connectivity index (χ4n) is 9.30. The lowest BCUT2D eigenvalue weighted by Gasteiger charge is -2.43. The van der Waals surface area contributed by atoms with Gasteiger partial charge in [0.25, 0.3) is 0 Å². The number of hydrogen-bond acceptors (Lipinski definition) is 3. The van der Waals surface area contributed by atoms with E-state index in [1.807, 2.05) is 0 Å². The van der Waals surface area contributed by atoms with E-state index < -0.39 is 8.07 Å². The average Bonchev–Trinajstić information content (AvgIpc) is 3.49. The molecule has 0 aliphatic carbocycles. The normalized spacial score (nSPS) is 13.7. The summed E-state index contributed by atoms with van der Waals surface area (Å²) in [4.78, 5) is 7.89. The van der Waals surface area contributed by atoms with E-state index in [9.17, 15) is 0 Å². The van der Waals surface area contributed by atoms with E-state index in [0.29, 0.717) is 0 Å². The van der Waals surface area contributed by atoms with Crippen LogP contribution in [0.1, 0.15) is 0 Å². The summed E-state index contributed by atoms with van der Waals surface area (Å²) in [5.41, 5.74) is 9.93. The first-order valence-electron chi connectivity index (χ1n) is 17.7. The van der Waals surface area contributed by atoms with Crippen molar-refractivity contribution < 1.29 is 0 Å². The molecule has 0 unspecified atom stereocenters. The second kappa shape index (κ2) is 10.8. The van der Waals surface area contributed by atoms with Crippen LogP contribution < -0.4 is 35.2 Å². The van der Waals surface area contributed by atoms with Crippen LogP contribution in [0.4, 0.5) is 34.1 Å². The Morgan fingerprint density at radius 1 is 0.333 bits per heavy atom. The summed E-state index contributed by atoms with van der Waals surface area (Å²) in [5.74, 6) is 0. The van der Waals surface area contributed by atoms with Crippen LogP contribution in [0, 0.1) is 0 Å². The zero-order valence-electron chi connectivity index (χ0n) is 27.9. The van der Waals surface area contributed by atoms with E-state index in [2.05, 4.69) is 209 Å². The molecule has 0 radical (unpaired) electrons. The first kappa shape index (κ1) is 28.5. The quantitative estimate of drug-likeness (QED) is 0.138. The van der Waals surface area contributed by atoms with Crippen molar-refractivity contribution in [3.05, 3.63) is 194 Å². The number of benzene rings is 8. The third kappa shape index (κ3) is 3.78. The van der Waals surface area contributed by atoms with Gasteiger partial charge in [-0.15, -0.1) is 0 Å². The van der Waals surface area contributed by atoms with Gasteiger partial charge < -0.3 is 14.4 Å². The fourth-order valence-corrected chi connectivity index (χ4v) is 14.3. The fraction of sp³-hybridized carbons (Fsp3) is 0. The Balaban J connectivity index is 1.33. The third-order valence-electron chi connectivity index (χ3n) is 11.2. The van der Waals surface area contributed by atoms with Gasteiger partial charge in [0.2, 0.25) is 0 Å². The molecule has 0 aromatic heterocycles. The molecule has 3 aliphatic rings. The number of fused-ring (bicyclic) bond motifs is 10. The average molecular weight is 666 g/mol. The minimum Gasteiger partial charge on any atom is -0.344 e. The molecule has 0 spiro atoms. The van der Waals surface area contributed by atoms with Crippen LogP contribution >= 0.6 is 0 Å². The number of anilines is 6. The molecule has 51 heavy (non-hydrogen) atoms. The summed E-state index contributed by atoms with van der Waals surface area (Å²) in [6.07, 6.45) is 0. The Kier molecular flexibility index (Phi) is 6.07. The lowest BCUT2D eigenvalue weighted by molar-refractivity contribution is 1.27. The summed E-state index contributed by atoms with van der Waals surface area (Å²) >= 11 is 0. The largest absolute Gasteiger partial charge is 0.519 e. The maximum atomic E-state index is 2.68. The van der Waals surface area contributed by atoms with Gasteiger partial charge in [0.05, 0.1) is 11.4 Å². The van der Waals surface area contributed by atoms with Crippen LogP contribution in [0.5, 0.6) is 0 Å². The van der Waals surface area contributed by atoms with Gasteiger partial charge in [-0.1, -0.05) is 164 Å². The highest BCUT2D eigenvalue weighted by Crippen LogP contribution is 2.58. The summed E-state index contributed by atoms with van der Waals surface area (Å²) in [5, 5.41) is 8.03. The van der Waals surface area contributed by atoms with Crippen molar-refractivity contribution in [2.24, 2.45) is 0 Å². The van der Waals surface area contributed by atoms with Crippen LogP contribution in [0.3, 0.4) is 0 Å². The van der Waals surface area contributed by atoms with E-state index in [1.54, 1.807) is 0 Å². The molecular formula is C46H32BN3Si. The van der Waals surface area contributed by atoms with E-state index in [0.717, 1.165) is 0 Å². The van der Waals surface area contributed by atoms with E-state index >= 15 is 0 Å². The first-order valence-corrected chi connectivity index (χ1v) is 19.7. The Morgan fingerprint density at radius 2 is 0.745 bits per heavy atom. The molecule has 0 saturated heterocycles. The lowest BCUT2D eigenvalue weighted by Crippen LogP contribution is -2.75.